The molecular formula is C28H26O4. The summed E-state index contributed by atoms with van der Waals surface area (Å²) in [6, 6.07) is 30.6. The lowest BCUT2D eigenvalue weighted by Gasteiger charge is -2.36. The Morgan fingerprint density at radius 3 is 1.66 bits per heavy atom. The molecule has 0 amide bonds. The fourth-order valence-corrected chi connectivity index (χ4v) is 4.67. The molecule has 0 aromatic heterocycles. The Hall–Kier alpha value is -3.05. The highest BCUT2D eigenvalue weighted by Crippen LogP contribution is 2.42. The van der Waals surface area contributed by atoms with Gasteiger partial charge in [-0.15, -0.1) is 0 Å². The number of benzene rings is 3. The molecule has 1 aliphatic carbocycles. The summed E-state index contributed by atoms with van der Waals surface area (Å²) in [5, 5.41) is 0. The predicted octanol–water partition coefficient (Wildman–Crippen LogP) is 5.02. The minimum Gasteiger partial charge on any atom is -0.356 e. The summed E-state index contributed by atoms with van der Waals surface area (Å²) in [6.07, 6.45) is 0.608. The molecule has 0 bridgehead atoms. The summed E-state index contributed by atoms with van der Waals surface area (Å²) in [5.74, 6) is -0.858. The fourth-order valence-electron chi connectivity index (χ4n) is 4.67. The zero-order chi connectivity index (χ0) is 22.2. The van der Waals surface area contributed by atoms with Gasteiger partial charge in [0.15, 0.2) is 17.7 Å². The molecule has 3 aromatic rings. The standard InChI is InChI=1S/C28H26O4/c1-27(2)31-25-20(18-24(29)26(25)32-27)19-30-28(21-12-6-3-7-13-21,22-14-8-4-9-15-22)23-16-10-5-11-17-23/h3-18,25-26H,19H2,1-2H3/t25-,26+/m1/s1. The summed E-state index contributed by atoms with van der Waals surface area (Å²) in [6.45, 7) is 3.91. The van der Waals surface area contributed by atoms with Crippen molar-refractivity contribution < 1.29 is 19.0 Å². The third kappa shape index (κ3) is 3.61. The van der Waals surface area contributed by atoms with E-state index in [0.29, 0.717) is 0 Å². The van der Waals surface area contributed by atoms with Gasteiger partial charge in [0, 0.05) is 0 Å². The smallest absolute Gasteiger partial charge is 0.187 e. The predicted molar refractivity (Wildman–Crippen MR) is 122 cm³/mol. The van der Waals surface area contributed by atoms with Gasteiger partial charge in [0.2, 0.25) is 0 Å². The van der Waals surface area contributed by atoms with E-state index in [0.717, 1.165) is 22.3 Å². The molecule has 1 aliphatic heterocycles. The molecule has 1 fully saturated rings. The van der Waals surface area contributed by atoms with Crippen LogP contribution in [0.3, 0.4) is 0 Å². The van der Waals surface area contributed by atoms with E-state index >= 15 is 0 Å². The zero-order valence-electron chi connectivity index (χ0n) is 18.2. The van der Waals surface area contributed by atoms with Crippen LogP contribution in [0, 0.1) is 0 Å². The molecule has 0 radical (unpaired) electrons. The van der Waals surface area contributed by atoms with E-state index < -0.39 is 23.6 Å². The Bertz CT molecular complexity index is 1020. The first-order valence-electron chi connectivity index (χ1n) is 10.9. The van der Waals surface area contributed by atoms with Gasteiger partial charge in [0.1, 0.15) is 11.7 Å². The van der Waals surface area contributed by atoms with Gasteiger partial charge in [-0.1, -0.05) is 91.0 Å². The summed E-state index contributed by atoms with van der Waals surface area (Å²) < 4.78 is 18.7. The van der Waals surface area contributed by atoms with E-state index in [4.69, 9.17) is 14.2 Å². The van der Waals surface area contributed by atoms with Gasteiger partial charge in [-0.3, -0.25) is 4.79 Å². The molecule has 1 saturated heterocycles. The van der Waals surface area contributed by atoms with Crippen LogP contribution < -0.4 is 0 Å². The van der Waals surface area contributed by atoms with Crippen LogP contribution in [0.15, 0.2) is 103 Å². The summed E-state index contributed by atoms with van der Waals surface area (Å²) >= 11 is 0. The molecule has 0 saturated carbocycles. The number of carbonyl (C=O) groups is 1. The molecule has 3 aromatic carbocycles. The van der Waals surface area contributed by atoms with Gasteiger partial charge >= 0.3 is 0 Å². The number of hydrogen-bond acceptors (Lipinski definition) is 4. The average molecular weight is 427 g/mol. The van der Waals surface area contributed by atoms with Crippen LogP contribution in [0.1, 0.15) is 30.5 Å². The number of ether oxygens (including phenoxy) is 3. The van der Waals surface area contributed by atoms with E-state index in [1.54, 1.807) is 6.08 Å². The summed E-state index contributed by atoms with van der Waals surface area (Å²) in [4.78, 5) is 12.6. The van der Waals surface area contributed by atoms with Crippen LogP contribution in [0.2, 0.25) is 0 Å². The number of carbonyl (C=O) groups excluding carboxylic acids is 1. The zero-order valence-corrected chi connectivity index (χ0v) is 18.2. The van der Waals surface area contributed by atoms with Crippen molar-refractivity contribution in [3.05, 3.63) is 119 Å². The lowest BCUT2D eigenvalue weighted by atomic mass is 9.80. The minimum atomic E-state index is -0.846. The Morgan fingerprint density at radius 1 is 0.750 bits per heavy atom. The Morgan fingerprint density at radius 2 is 1.19 bits per heavy atom. The molecule has 162 valence electrons. The molecule has 2 atom stereocenters. The lowest BCUT2D eigenvalue weighted by Crippen LogP contribution is -2.35. The highest BCUT2D eigenvalue weighted by Gasteiger charge is 2.50. The van der Waals surface area contributed by atoms with Crippen molar-refractivity contribution >= 4 is 5.78 Å². The van der Waals surface area contributed by atoms with Crippen molar-refractivity contribution in [3.8, 4) is 0 Å². The van der Waals surface area contributed by atoms with Crippen LogP contribution in [-0.2, 0) is 24.6 Å². The fraction of sp³-hybridized carbons (Fsp3) is 0.250. The van der Waals surface area contributed by atoms with Gasteiger partial charge in [-0.25, -0.2) is 0 Å². The van der Waals surface area contributed by atoms with Gasteiger partial charge in [0.25, 0.3) is 0 Å². The van der Waals surface area contributed by atoms with Gasteiger partial charge in [0.05, 0.1) is 6.61 Å². The largest absolute Gasteiger partial charge is 0.356 e. The van der Waals surface area contributed by atoms with Crippen molar-refractivity contribution in [1.82, 2.24) is 0 Å². The van der Waals surface area contributed by atoms with Crippen LogP contribution in [-0.4, -0.2) is 30.4 Å². The number of ketones is 1. The topological polar surface area (TPSA) is 44.8 Å². The van der Waals surface area contributed by atoms with Crippen LogP contribution >= 0.6 is 0 Å². The van der Waals surface area contributed by atoms with Crippen molar-refractivity contribution in [2.24, 2.45) is 0 Å². The Kier molecular flexibility index (Phi) is 5.30. The molecule has 32 heavy (non-hydrogen) atoms. The lowest BCUT2D eigenvalue weighted by molar-refractivity contribution is -0.153. The second kappa shape index (κ2) is 8.14. The number of fused-ring (bicyclic) bond motifs is 1. The van der Waals surface area contributed by atoms with E-state index in [2.05, 4.69) is 36.4 Å². The molecule has 2 aliphatic rings. The van der Waals surface area contributed by atoms with E-state index in [9.17, 15) is 4.79 Å². The van der Waals surface area contributed by atoms with Crippen LogP contribution in [0.5, 0.6) is 0 Å². The number of hydrogen-bond donors (Lipinski definition) is 0. The van der Waals surface area contributed by atoms with Crippen molar-refractivity contribution in [2.75, 3.05) is 6.61 Å². The van der Waals surface area contributed by atoms with Crippen LogP contribution in [0.4, 0.5) is 0 Å². The average Bonchev–Trinajstić information content (AvgIpc) is 3.29. The maximum Gasteiger partial charge on any atom is 0.187 e. The summed E-state index contributed by atoms with van der Waals surface area (Å²) in [5.41, 5.74) is 3.01. The molecule has 5 rings (SSSR count). The highest BCUT2D eigenvalue weighted by atomic mass is 16.8. The van der Waals surface area contributed by atoms with E-state index in [1.807, 2.05) is 68.4 Å². The summed E-state index contributed by atoms with van der Waals surface area (Å²) in [7, 11) is 0. The SMILES string of the molecule is CC1(C)O[C@@H]2C(COC(c3ccccc3)(c3ccccc3)c3ccccc3)=CC(=O)[C@@H]2O1. The first-order chi connectivity index (χ1) is 15.5. The second-order valence-corrected chi connectivity index (χ2v) is 8.67. The first kappa shape index (κ1) is 20.8. The third-order valence-electron chi connectivity index (χ3n) is 6.07. The molecule has 4 heteroatoms. The molecule has 0 unspecified atom stereocenters. The quantitative estimate of drug-likeness (QED) is 0.519. The van der Waals surface area contributed by atoms with Gasteiger partial charge in [-0.2, -0.15) is 0 Å². The van der Waals surface area contributed by atoms with Crippen molar-refractivity contribution in [2.45, 2.75) is 37.4 Å². The first-order valence-corrected chi connectivity index (χ1v) is 10.9. The van der Waals surface area contributed by atoms with Gasteiger partial charge in [-0.05, 0) is 42.2 Å². The molecule has 4 nitrogen and oxygen atoms in total. The Balaban J connectivity index is 1.58. The van der Waals surface area contributed by atoms with E-state index in [-0.39, 0.29) is 12.4 Å². The Labute approximate surface area is 188 Å². The molecular weight excluding hydrogens is 400 g/mol. The maximum atomic E-state index is 12.6. The normalized spacial score (nSPS) is 21.9. The molecule has 0 N–H and O–H groups in total. The molecule has 0 spiro atoms. The third-order valence-corrected chi connectivity index (χ3v) is 6.07. The second-order valence-electron chi connectivity index (χ2n) is 8.67. The van der Waals surface area contributed by atoms with E-state index in [1.165, 1.54) is 0 Å². The van der Waals surface area contributed by atoms with Crippen LogP contribution in [0.25, 0.3) is 0 Å². The number of rotatable bonds is 6. The van der Waals surface area contributed by atoms with Crippen molar-refractivity contribution in [1.29, 1.82) is 0 Å². The minimum absolute atomic E-state index is 0.0658. The maximum absolute atomic E-state index is 12.6. The highest BCUT2D eigenvalue weighted by molar-refractivity contribution is 5.98. The monoisotopic (exact) mass is 426 g/mol. The van der Waals surface area contributed by atoms with Crippen molar-refractivity contribution in [3.63, 3.8) is 0 Å². The molecule has 1 heterocycles. The van der Waals surface area contributed by atoms with Gasteiger partial charge < -0.3 is 14.2 Å².